The summed E-state index contributed by atoms with van der Waals surface area (Å²) >= 11 is 0.234. The van der Waals surface area contributed by atoms with Gasteiger partial charge in [-0.15, -0.1) is 0 Å². The summed E-state index contributed by atoms with van der Waals surface area (Å²) in [6, 6.07) is 14.7. The van der Waals surface area contributed by atoms with Gasteiger partial charge >= 0.3 is 116 Å². The summed E-state index contributed by atoms with van der Waals surface area (Å²) in [7, 11) is 0. The van der Waals surface area contributed by atoms with Gasteiger partial charge in [-0.1, -0.05) is 0 Å². The molecule has 0 nitrogen and oxygen atoms in total. The Morgan fingerprint density at radius 1 is 0.889 bits per heavy atom. The average molecular weight is 299 g/mol. The van der Waals surface area contributed by atoms with E-state index >= 15 is 0 Å². The quantitative estimate of drug-likeness (QED) is 0.561. The maximum atomic E-state index is 3.33. The Kier molecular flexibility index (Phi) is 4.26. The first-order valence-corrected chi connectivity index (χ1v) is 7.69. The molecule has 1 heteroatoms. The third-order valence-electron chi connectivity index (χ3n) is 2.73. The number of hydrogen-bond donors (Lipinski definition) is 0. The summed E-state index contributed by atoms with van der Waals surface area (Å²) in [5.74, 6) is 3.24. The van der Waals surface area contributed by atoms with Gasteiger partial charge in [0.05, 0.1) is 0 Å². The molecular weight excluding hydrogens is 283 g/mol. The Morgan fingerprint density at radius 3 is 2.11 bits per heavy atom. The van der Waals surface area contributed by atoms with Crippen molar-refractivity contribution in [1.29, 1.82) is 0 Å². The minimum absolute atomic E-state index is 0.234. The van der Waals surface area contributed by atoms with Crippen molar-refractivity contribution in [3.63, 3.8) is 0 Å². The fourth-order valence-electron chi connectivity index (χ4n) is 1.98. The van der Waals surface area contributed by atoms with Gasteiger partial charge in [-0.05, 0) is 0 Å². The molecule has 18 heavy (non-hydrogen) atoms. The number of aryl methyl sites for hydroxylation is 3. The van der Waals surface area contributed by atoms with Gasteiger partial charge in [0.2, 0.25) is 0 Å². The van der Waals surface area contributed by atoms with Gasteiger partial charge in [0.15, 0.2) is 0 Å². The zero-order valence-electron chi connectivity index (χ0n) is 10.9. The first-order chi connectivity index (χ1) is 8.66. The Hall–Kier alpha value is -1.48. The van der Waals surface area contributed by atoms with Crippen molar-refractivity contribution in [2.24, 2.45) is 0 Å². The molecule has 0 saturated carbocycles. The van der Waals surface area contributed by atoms with Crippen LogP contribution >= 0.6 is 0 Å². The monoisotopic (exact) mass is 300 g/mol. The van der Waals surface area contributed by atoms with Crippen molar-refractivity contribution in [3.05, 3.63) is 64.7 Å². The van der Waals surface area contributed by atoms with E-state index in [9.17, 15) is 0 Å². The zero-order valence-corrected chi connectivity index (χ0v) is 12.7. The molecule has 0 radical (unpaired) electrons. The van der Waals surface area contributed by atoms with Gasteiger partial charge in [0.1, 0.15) is 0 Å². The number of benzene rings is 2. The van der Waals surface area contributed by atoms with Crippen molar-refractivity contribution in [2.75, 3.05) is 0 Å². The summed E-state index contributed by atoms with van der Waals surface area (Å²) in [6.07, 6.45) is 0. The van der Waals surface area contributed by atoms with E-state index < -0.39 is 0 Å². The second-order valence-electron chi connectivity index (χ2n) is 4.42. The molecule has 0 aliphatic rings. The molecule has 0 saturated heterocycles. The molecule has 0 atom stereocenters. The van der Waals surface area contributed by atoms with Crippen LogP contribution in [0.4, 0.5) is 0 Å². The van der Waals surface area contributed by atoms with E-state index in [2.05, 4.69) is 55.8 Å². The van der Waals surface area contributed by atoms with E-state index in [-0.39, 0.29) is 15.0 Å². The van der Waals surface area contributed by atoms with Crippen LogP contribution in [0.25, 0.3) is 0 Å². The fraction of sp³-hybridized carbons (Fsp3) is 0.176. The molecule has 90 valence electrons. The maximum absolute atomic E-state index is 3.33. The van der Waals surface area contributed by atoms with Crippen molar-refractivity contribution in [2.45, 2.75) is 20.8 Å². The van der Waals surface area contributed by atoms with Crippen LogP contribution in [0.2, 0.25) is 0 Å². The Bertz CT molecular complexity index is 577. The molecule has 0 bridgehead atoms. The zero-order chi connectivity index (χ0) is 13.0. The summed E-state index contributed by atoms with van der Waals surface area (Å²) in [4.78, 5) is 3.33. The molecule has 2 aromatic carbocycles. The van der Waals surface area contributed by atoms with Gasteiger partial charge in [-0.25, -0.2) is 0 Å². The summed E-state index contributed by atoms with van der Waals surface area (Å²) in [5, 5.41) is 0. The molecule has 0 amide bonds. The number of hydrogen-bond acceptors (Lipinski definition) is 0. The molecule has 0 heterocycles. The molecule has 0 fully saturated rings. The molecule has 2 rings (SSSR count). The summed E-state index contributed by atoms with van der Waals surface area (Å²) in [5.41, 5.74) is 5.17. The Labute approximate surface area is 116 Å². The predicted molar refractivity (Wildman–Crippen MR) is 79.4 cm³/mol. The van der Waals surface area contributed by atoms with Crippen LogP contribution in [0.5, 0.6) is 0 Å². The molecular formula is C17H16Se. The number of rotatable bonds is 1. The van der Waals surface area contributed by atoms with Crippen molar-refractivity contribution >= 4 is 19.4 Å². The van der Waals surface area contributed by atoms with Crippen LogP contribution < -0.4 is 4.46 Å². The van der Waals surface area contributed by atoms with Crippen molar-refractivity contribution in [1.82, 2.24) is 0 Å². The molecule has 0 unspecified atom stereocenters. The van der Waals surface area contributed by atoms with E-state index in [1.807, 2.05) is 18.2 Å². The van der Waals surface area contributed by atoms with Gasteiger partial charge in [0.25, 0.3) is 0 Å². The molecule has 0 aliphatic heterocycles. The van der Waals surface area contributed by atoms with Crippen LogP contribution in [0, 0.1) is 31.5 Å². The molecule has 0 aliphatic carbocycles. The topological polar surface area (TPSA) is 0 Å². The van der Waals surface area contributed by atoms with Crippen molar-refractivity contribution in [3.8, 4) is 10.7 Å². The van der Waals surface area contributed by atoms with E-state index in [1.54, 1.807) is 0 Å². The molecule has 0 spiro atoms. The summed E-state index contributed by atoms with van der Waals surface area (Å²) in [6.45, 7) is 6.51. The minimum atomic E-state index is 0.234. The van der Waals surface area contributed by atoms with E-state index in [0.29, 0.717) is 0 Å². The second-order valence-corrected chi connectivity index (χ2v) is 6.14. The van der Waals surface area contributed by atoms with Crippen LogP contribution in [0.3, 0.4) is 0 Å². The van der Waals surface area contributed by atoms with Gasteiger partial charge in [0, 0.05) is 0 Å². The first-order valence-electron chi connectivity index (χ1n) is 5.97. The van der Waals surface area contributed by atoms with Crippen LogP contribution in [0.15, 0.2) is 42.5 Å². The fourth-order valence-corrected chi connectivity index (χ4v) is 3.48. The van der Waals surface area contributed by atoms with Crippen LogP contribution in [-0.4, -0.2) is 15.0 Å². The van der Waals surface area contributed by atoms with Gasteiger partial charge in [-0.2, -0.15) is 0 Å². The average Bonchev–Trinajstić information content (AvgIpc) is 2.34. The third kappa shape index (κ3) is 3.26. The third-order valence-corrected chi connectivity index (χ3v) is 4.93. The summed E-state index contributed by atoms with van der Waals surface area (Å²) < 4.78 is 1.43. The van der Waals surface area contributed by atoms with Crippen LogP contribution in [0.1, 0.15) is 22.3 Å². The normalized spacial score (nSPS) is 9.72. The first kappa shape index (κ1) is 13.0. The SMILES string of the molecule is Cc1cc(C)c([Se]C#Cc2ccccc2)c(C)c1. The second kappa shape index (κ2) is 5.91. The van der Waals surface area contributed by atoms with E-state index in [4.69, 9.17) is 0 Å². The van der Waals surface area contributed by atoms with E-state index in [1.165, 1.54) is 21.2 Å². The van der Waals surface area contributed by atoms with Crippen molar-refractivity contribution < 1.29 is 0 Å². The standard InChI is InChI=1S/C17H16Se/c1-13-11-14(2)17(15(3)12-13)18-10-9-16-7-5-4-6-8-16/h4-8,11-12H,1-3H3. The van der Waals surface area contributed by atoms with Crippen LogP contribution in [-0.2, 0) is 0 Å². The Balaban J connectivity index is 2.19. The van der Waals surface area contributed by atoms with Gasteiger partial charge < -0.3 is 0 Å². The molecule has 2 aromatic rings. The predicted octanol–water partition coefficient (Wildman–Crippen LogP) is 2.95. The molecule has 0 N–H and O–H groups in total. The van der Waals surface area contributed by atoms with Gasteiger partial charge in [-0.3, -0.25) is 0 Å². The Morgan fingerprint density at radius 2 is 1.50 bits per heavy atom. The molecule has 0 aromatic heterocycles. The van der Waals surface area contributed by atoms with E-state index in [0.717, 1.165) is 5.56 Å².